The van der Waals surface area contributed by atoms with Gasteiger partial charge in [0.1, 0.15) is 17.6 Å². The van der Waals surface area contributed by atoms with Crippen molar-refractivity contribution in [1.29, 1.82) is 0 Å². The fourth-order valence-electron chi connectivity index (χ4n) is 3.18. The molecule has 3 rings (SSSR count). The number of nitrogens with zero attached hydrogens (tertiary/aromatic N) is 4. The average Bonchev–Trinajstić information content (AvgIpc) is 2.76. The van der Waals surface area contributed by atoms with Gasteiger partial charge in [0.2, 0.25) is 0 Å². The Morgan fingerprint density at radius 1 is 1.16 bits per heavy atom. The molecular formula is C18H27FN4O2. The van der Waals surface area contributed by atoms with Crippen molar-refractivity contribution in [3.05, 3.63) is 17.6 Å². The number of ether oxygens (including phenoxy) is 1. The van der Waals surface area contributed by atoms with E-state index in [-0.39, 0.29) is 6.09 Å². The van der Waals surface area contributed by atoms with E-state index in [1.54, 1.807) is 11.1 Å². The molecule has 3 heterocycles. The Morgan fingerprint density at radius 3 is 2.44 bits per heavy atom. The van der Waals surface area contributed by atoms with Crippen LogP contribution in [0.5, 0.6) is 0 Å². The van der Waals surface area contributed by atoms with Crippen LogP contribution < -0.4 is 4.90 Å². The number of rotatable bonds is 1. The second kappa shape index (κ2) is 7.14. The molecule has 1 saturated heterocycles. The first-order chi connectivity index (χ1) is 11.8. The van der Waals surface area contributed by atoms with Crippen molar-refractivity contribution < 1.29 is 13.9 Å². The maximum atomic E-state index is 13.3. The molecule has 0 N–H and O–H groups in total. The number of piperidine rings is 1. The monoisotopic (exact) mass is 350 g/mol. The molecule has 0 bridgehead atoms. The van der Waals surface area contributed by atoms with Crippen LogP contribution in [0.25, 0.3) is 0 Å². The zero-order valence-corrected chi connectivity index (χ0v) is 15.3. The zero-order valence-electron chi connectivity index (χ0n) is 15.3. The molecule has 1 aromatic rings. The smallest absolute Gasteiger partial charge is 0.410 e. The predicted octanol–water partition coefficient (Wildman–Crippen LogP) is 2.75. The Hall–Kier alpha value is -1.92. The van der Waals surface area contributed by atoms with Crippen molar-refractivity contribution in [2.24, 2.45) is 0 Å². The molecule has 2 aliphatic heterocycles. The second-order valence-corrected chi connectivity index (χ2v) is 7.75. The summed E-state index contributed by atoms with van der Waals surface area (Å²) in [4.78, 5) is 25.4. The van der Waals surface area contributed by atoms with Gasteiger partial charge in [0.25, 0.3) is 0 Å². The lowest BCUT2D eigenvalue weighted by Gasteiger charge is -2.29. The van der Waals surface area contributed by atoms with Crippen molar-refractivity contribution >= 4 is 11.9 Å². The molecular weight excluding hydrogens is 323 g/mol. The van der Waals surface area contributed by atoms with Crippen molar-refractivity contribution in [3.8, 4) is 0 Å². The third-order valence-corrected chi connectivity index (χ3v) is 4.56. The van der Waals surface area contributed by atoms with Gasteiger partial charge in [0.15, 0.2) is 0 Å². The SMILES string of the molecule is CC(C)(C)OC(=O)N1CCc2ncc(N3CCC(F)CC3)nc2CC1. The maximum absolute atomic E-state index is 13.3. The summed E-state index contributed by atoms with van der Waals surface area (Å²) in [5, 5.41) is 0. The lowest BCUT2D eigenvalue weighted by molar-refractivity contribution is 0.0258. The topological polar surface area (TPSA) is 58.6 Å². The van der Waals surface area contributed by atoms with Crippen LogP contribution in [-0.4, -0.2) is 58.9 Å². The van der Waals surface area contributed by atoms with Crippen LogP contribution in [-0.2, 0) is 17.6 Å². The number of hydrogen-bond acceptors (Lipinski definition) is 5. The third-order valence-electron chi connectivity index (χ3n) is 4.56. The molecule has 0 atom stereocenters. The number of carbonyl (C=O) groups excluding carboxylic acids is 1. The molecule has 0 unspecified atom stereocenters. The van der Waals surface area contributed by atoms with Crippen LogP contribution in [0.1, 0.15) is 45.0 Å². The molecule has 1 aromatic heterocycles. The van der Waals surface area contributed by atoms with E-state index in [9.17, 15) is 9.18 Å². The molecule has 6 nitrogen and oxygen atoms in total. The summed E-state index contributed by atoms with van der Waals surface area (Å²) in [6, 6.07) is 0. The highest BCUT2D eigenvalue weighted by molar-refractivity contribution is 5.68. The summed E-state index contributed by atoms with van der Waals surface area (Å²) in [6.45, 7) is 8.13. The number of aromatic nitrogens is 2. The molecule has 2 aliphatic rings. The molecule has 0 spiro atoms. The van der Waals surface area contributed by atoms with Gasteiger partial charge < -0.3 is 14.5 Å². The average molecular weight is 350 g/mol. The van der Waals surface area contributed by atoms with Gasteiger partial charge in [-0.2, -0.15) is 0 Å². The van der Waals surface area contributed by atoms with Gasteiger partial charge in [-0.05, 0) is 33.6 Å². The largest absolute Gasteiger partial charge is 0.444 e. The Bertz CT molecular complexity index is 624. The summed E-state index contributed by atoms with van der Waals surface area (Å²) < 4.78 is 18.8. The van der Waals surface area contributed by atoms with E-state index in [1.165, 1.54) is 0 Å². The van der Waals surface area contributed by atoms with Gasteiger partial charge in [-0.3, -0.25) is 4.98 Å². The lowest BCUT2D eigenvalue weighted by Crippen LogP contribution is -2.38. The standard InChI is InChI=1S/C18H27FN4O2/c1-18(2,3)25-17(24)23-10-6-14-15(7-11-23)21-16(12-20-14)22-8-4-13(19)5-9-22/h12-13H,4-11H2,1-3H3. The minimum atomic E-state index is -0.701. The van der Waals surface area contributed by atoms with Gasteiger partial charge in [-0.1, -0.05) is 0 Å². The summed E-state index contributed by atoms with van der Waals surface area (Å²) in [6.07, 6.45) is 3.22. The Morgan fingerprint density at radius 2 is 1.80 bits per heavy atom. The van der Waals surface area contributed by atoms with Gasteiger partial charge in [0.05, 0.1) is 17.6 Å². The Kier molecular flexibility index (Phi) is 5.11. The first-order valence-corrected chi connectivity index (χ1v) is 9.03. The highest BCUT2D eigenvalue weighted by atomic mass is 19.1. The number of carbonyl (C=O) groups is 1. The van der Waals surface area contributed by atoms with Crippen molar-refractivity contribution in [2.75, 3.05) is 31.1 Å². The van der Waals surface area contributed by atoms with Crippen LogP contribution in [0.15, 0.2) is 6.20 Å². The fourth-order valence-corrected chi connectivity index (χ4v) is 3.18. The van der Waals surface area contributed by atoms with E-state index in [4.69, 9.17) is 9.72 Å². The molecule has 0 saturated carbocycles. The molecule has 0 radical (unpaired) electrons. The molecule has 138 valence electrons. The van der Waals surface area contributed by atoms with E-state index >= 15 is 0 Å². The second-order valence-electron chi connectivity index (χ2n) is 7.75. The maximum Gasteiger partial charge on any atom is 0.410 e. The predicted molar refractivity (Wildman–Crippen MR) is 93.6 cm³/mol. The molecule has 1 fully saturated rings. The summed E-state index contributed by atoms with van der Waals surface area (Å²) in [7, 11) is 0. The number of fused-ring (bicyclic) bond motifs is 1. The van der Waals surface area contributed by atoms with E-state index in [2.05, 4.69) is 9.88 Å². The third kappa shape index (κ3) is 4.58. The van der Waals surface area contributed by atoms with E-state index in [0.29, 0.717) is 51.9 Å². The van der Waals surface area contributed by atoms with Gasteiger partial charge in [0, 0.05) is 39.0 Å². The number of halogens is 1. The number of anilines is 1. The minimum absolute atomic E-state index is 0.287. The van der Waals surface area contributed by atoms with Gasteiger partial charge in [-0.25, -0.2) is 14.2 Å². The Balaban J connectivity index is 1.67. The van der Waals surface area contributed by atoms with Crippen LogP contribution in [0.4, 0.5) is 15.0 Å². The quantitative estimate of drug-likeness (QED) is 0.779. The first-order valence-electron chi connectivity index (χ1n) is 9.03. The van der Waals surface area contributed by atoms with E-state index in [1.807, 2.05) is 20.8 Å². The van der Waals surface area contributed by atoms with Crippen molar-refractivity contribution in [2.45, 2.75) is 58.2 Å². The van der Waals surface area contributed by atoms with Crippen molar-refractivity contribution in [1.82, 2.24) is 14.9 Å². The van der Waals surface area contributed by atoms with Gasteiger partial charge >= 0.3 is 6.09 Å². The molecule has 7 heteroatoms. The summed E-state index contributed by atoms with van der Waals surface area (Å²) in [5.74, 6) is 0.816. The first kappa shape index (κ1) is 17.9. The van der Waals surface area contributed by atoms with Crippen LogP contribution in [0.2, 0.25) is 0 Å². The Labute approximate surface area is 148 Å². The van der Waals surface area contributed by atoms with E-state index < -0.39 is 11.8 Å². The zero-order chi connectivity index (χ0) is 18.0. The molecule has 0 aromatic carbocycles. The lowest BCUT2D eigenvalue weighted by atomic mass is 10.1. The molecule has 1 amide bonds. The molecule has 25 heavy (non-hydrogen) atoms. The van der Waals surface area contributed by atoms with Crippen LogP contribution in [0, 0.1) is 0 Å². The van der Waals surface area contributed by atoms with Crippen molar-refractivity contribution in [3.63, 3.8) is 0 Å². The number of alkyl halides is 1. The van der Waals surface area contributed by atoms with E-state index in [0.717, 1.165) is 17.2 Å². The number of amides is 1. The summed E-state index contributed by atoms with van der Waals surface area (Å²) in [5.41, 5.74) is 1.38. The summed E-state index contributed by atoms with van der Waals surface area (Å²) >= 11 is 0. The highest BCUT2D eigenvalue weighted by Crippen LogP contribution is 2.22. The molecule has 0 aliphatic carbocycles. The van der Waals surface area contributed by atoms with Crippen LogP contribution >= 0.6 is 0 Å². The fraction of sp³-hybridized carbons (Fsp3) is 0.722. The normalized spacial score (nSPS) is 19.4. The highest BCUT2D eigenvalue weighted by Gasteiger charge is 2.26. The van der Waals surface area contributed by atoms with Gasteiger partial charge in [-0.15, -0.1) is 0 Å². The minimum Gasteiger partial charge on any atom is -0.444 e. The number of hydrogen-bond donors (Lipinski definition) is 0. The van der Waals surface area contributed by atoms with Crippen LogP contribution in [0.3, 0.4) is 0 Å².